The summed E-state index contributed by atoms with van der Waals surface area (Å²) in [5.41, 5.74) is 4.76. The van der Waals surface area contributed by atoms with Crippen molar-refractivity contribution in [3.8, 4) is 5.75 Å². The highest BCUT2D eigenvalue weighted by Crippen LogP contribution is 2.07. The molecule has 5 nitrogen and oxygen atoms in total. The molecular weight excluding hydrogens is 234 g/mol. The summed E-state index contributed by atoms with van der Waals surface area (Å²) in [5, 5.41) is 8.68. The van der Waals surface area contributed by atoms with E-state index in [1.165, 1.54) is 0 Å². The highest BCUT2D eigenvalue weighted by Gasteiger charge is 1.96. The molecule has 0 aromatic heterocycles. The highest BCUT2D eigenvalue weighted by molar-refractivity contribution is 5.67. The van der Waals surface area contributed by atoms with Crippen molar-refractivity contribution in [2.24, 2.45) is 5.73 Å². The third kappa shape index (κ3) is 10.9. The average Bonchev–Trinajstić information content (AvgIpc) is 2.28. The minimum Gasteiger partial charge on any atom is -0.411 e. The van der Waals surface area contributed by atoms with Gasteiger partial charge in [0.25, 0.3) is 0 Å². The number of carbonyl (C=O) groups excluding carboxylic acids is 1. The van der Waals surface area contributed by atoms with Gasteiger partial charge in [-0.05, 0) is 32.9 Å². The lowest BCUT2D eigenvalue weighted by Crippen LogP contribution is -2.15. The largest absolute Gasteiger partial charge is 0.411 e. The van der Waals surface area contributed by atoms with Crippen molar-refractivity contribution in [3.05, 3.63) is 30.3 Å². The lowest BCUT2D eigenvalue weighted by Gasteiger charge is -2.07. The van der Waals surface area contributed by atoms with E-state index in [0.717, 1.165) is 0 Å². The standard InChI is InChI=1S/C7H7NO2.C6H14O2/c8-7(9)10-6-4-2-1-3-5-6;1-5(2)8-4-6(3)7/h1-5H,(H2,8,9);5-7H,4H2,1-3H3. The van der Waals surface area contributed by atoms with Crippen LogP contribution in [0.1, 0.15) is 20.8 Å². The molecule has 1 rings (SSSR count). The average molecular weight is 255 g/mol. The quantitative estimate of drug-likeness (QED) is 0.861. The van der Waals surface area contributed by atoms with Crippen molar-refractivity contribution < 1.29 is 19.4 Å². The lowest BCUT2D eigenvalue weighted by atomic mass is 10.3. The van der Waals surface area contributed by atoms with Crippen molar-refractivity contribution >= 4 is 6.09 Å². The predicted molar refractivity (Wildman–Crippen MR) is 69.4 cm³/mol. The van der Waals surface area contributed by atoms with Crippen LogP contribution in [-0.2, 0) is 4.74 Å². The van der Waals surface area contributed by atoms with E-state index in [1.807, 2.05) is 19.9 Å². The minimum absolute atomic E-state index is 0.226. The molecule has 0 bridgehead atoms. The molecule has 1 unspecified atom stereocenters. The Morgan fingerprint density at radius 1 is 1.28 bits per heavy atom. The zero-order valence-corrected chi connectivity index (χ0v) is 11.0. The first-order valence-corrected chi connectivity index (χ1v) is 5.73. The first-order valence-electron chi connectivity index (χ1n) is 5.73. The van der Waals surface area contributed by atoms with Crippen LogP contribution in [0.2, 0.25) is 0 Å². The molecule has 0 spiro atoms. The lowest BCUT2D eigenvalue weighted by molar-refractivity contribution is 0.0134. The summed E-state index contributed by atoms with van der Waals surface area (Å²) < 4.78 is 9.61. The number of benzene rings is 1. The zero-order chi connectivity index (χ0) is 14.0. The predicted octanol–water partition coefficient (Wildman–Crippen LogP) is 1.94. The molecule has 1 aromatic rings. The van der Waals surface area contributed by atoms with Crippen LogP contribution < -0.4 is 10.5 Å². The molecule has 0 saturated carbocycles. The Labute approximate surface area is 108 Å². The SMILES string of the molecule is CC(O)COC(C)C.NC(=O)Oc1ccccc1. The molecular formula is C13H21NO4. The first-order chi connectivity index (χ1) is 8.41. The van der Waals surface area contributed by atoms with Gasteiger partial charge in [-0.25, -0.2) is 4.79 Å². The van der Waals surface area contributed by atoms with Gasteiger partial charge in [-0.1, -0.05) is 18.2 Å². The Balaban J connectivity index is 0.000000331. The molecule has 1 atom stereocenters. The number of rotatable bonds is 4. The normalized spacial score (nSPS) is 11.4. The molecule has 3 N–H and O–H groups in total. The summed E-state index contributed by atoms with van der Waals surface area (Å²) in [5.74, 6) is 0.468. The van der Waals surface area contributed by atoms with E-state index >= 15 is 0 Å². The van der Waals surface area contributed by atoms with Crippen molar-refractivity contribution in [3.63, 3.8) is 0 Å². The number of aliphatic hydroxyl groups is 1. The number of hydrogen-bond donors (Lipinski definition) is 2. The maximum Gasteiger partial charge on any atom is 0.409 e. The van der Waals surface area contributed by atoms with Crippen molar-refractivity contribution in [2.45, 2.75) is 33.0 Å². The van der Waals surface area contributed by atoms with Gasteiger partial charge in [0.2, 0.25) is 0 Å². The summed E-state index contributed by atoms with van der Waals surface area (Å²) in [7, 11) is 0. The second-order valence-corrected chi connectivity index (χ2v) is 3.97. The molecule has 0 saturated heterocycles. The molecule has 5 heteroatoms. The second-order valence-electron chi connectivity index (χ2n) is 3.97. The Morgan fingerprint density at radius 2 is 1.83 bits per heavy atom. The summed E-state index contributed by atoms with van der Waals surface area (Å²) in [4.78, 5) is 10.2. The number of hydrogen-bond acceptors (Lipinski definition) is 4. The van der Waals surface area contributed by atoms with Crippen LogP contribution in [0.5, 0.6) is 5.75 Å². The molecule has 0 aliphatic carbocycles. The highest BCUT2D eigenvalue weighted by atomic mass is 16.5. The molecule has 102 valence electrons. The number of aliphatic hydroxyl groups excluding tert-OH is 1. The van der Waals surface area contributed by atoms with Crippen LogP contribution in [0.25, 0.3) is 0 Å². The van der Waals surface area contributed by atoms with Crippen molar-refractivity contribution in [2.75, 3.05) is 6.61 Å². The van der Waals surface area contributed by atoms with Crippen LogP contribution in [0.4, 0.5) is 4.79 Å². The van der Waals surface area contributed by atoms with Crippen LogP contribution in [0.15, 0.2) is 30.3 Å². The number of primary amides is 1. The van der Waals surface area contributed by atoms with Gasteiger partial charge < -0.3 is 20.3 Å². The van der Waals surface area contributed by atoms with Gasteiger partial charge in [0.1, 0.15) is 5.75 Å². The summed E-state index contributed by atoms with van der Waals surface area (Å²) in [6.45, 7) is 6.05. The first kappa shape index (κ1) is 16.4. The number of para-hydroxylation sites is 1. The fraction of sp³-hybridized carbons (Fsp3) is 0.462. The fourth-order valence-corrected chi connectivity index (χ4v) is 0.936. The third-order valence-electron chi connectivity index (χ3n) is 1.63. The van der Waals surface area contributed by atoms with E-state index < -0.39 is 6.09 Å². The maximum absolute atomic E-state index is 10.2. The van der Waals surface area contributed by atoms with Gasteiger partial charge in [-0.15, -0.1) is 0 Å². The van der Waals surface area contributed by atoms with Crippen LogP contribution in [0, 0.1) is 0 Å². The Hall–Kier alpha value is -1.59. The van der Waals surface area contributed by atoms with E-state index in [4.69, 9.17) is 15.6 Å². The van der Waals surface area contributed by atoms with Gasteiger partial charge in [0.05, 0.1) is 18.8 Å². The van der Waals surface area contributed by atoms with E-state index in [-0.39, 0.29) is 12.2 Å². The molecule has 0 aliphatic heterocycles. The maximum atomic E-state index is 10.2. The molecule has 0 fully saturated rings. The molecule has 0 aliphatic rings. The van der Waals surface area contributed by atoms with Gasteiger partial charge in [0, 0.05) is 0 Å². The van der Waals surface area contributed by atoms with E-state index in [9.17, 15) is 4.79 Å². The molecule has 0 radical (unpaired) electrons. The smallest absolute Gasteiger partial charge is 0.409 e. The van der Waals surface area contributed by atoms with Crippen LogP contribution >= 0.6 is 0 Å². The van der Waals surface area contributed by atoms with Gasteiger partial charge in [0.15, 0.2) is 0 Å². The summed E-state index contributed by atoms with van der Waals surface area (Å²) in [6, 6.07) is 8.67. The zero-order valence-electron chi connectivity index (χ0n) is 11.0. The van der Waals surface area contributed by atoms with Gasteiger partial charge >= 0.3 is 6.09 Å². The summed E-state index contributed by atoms with van der Waals surface area (Å²) >= 11 is 0. The molecule has 18 heavy (non-hydrogen) atoms. The van der Waals surface area contributed by atoms with E-state index in [0.29, 0.717) is 12.4 Å². The fourth-order valence-electron chi connectivity index (χ4n) is 0.936. The number of amides is 1. The van der Waals surface area contributed by atoms with E-state index in [2.05, 4.69) is 4.74 Å². The Morgan fingerprint density at radius 3 is 2.17 bits per heavy atom. The van der Waals surface area contributed by atoms with Gasteiger partial charge in [-0.3, -0.25) is 0 Å². The van der Waals surface area contributed by atoms with E-state index in [1.54, 1.807) is 31.2 Å². The van der Waals surface area contributed by atoms with Crippen molar-refractivity contribution in [1.29, 1.82) is 0 Å². The molecule has 1 aromatic carbocycles. The third-order valence-corrected chi connectivity index (χ3v) is 1.63. The van der Waals surface area contributed by atoms with Crippen molar-refractivity contribution in [1.82, 2.24) is 0 Å². The monoisotopic (exact) mass is 255 g/mol. The Bertz CT molecular complexity index is 317. The number of nitrogens with two attached hydrogens (primary N) is 1. The number of carbonyl (C=O) groups is 1. The minimum atomic E-state index is -0.786. The number of ether oxygens (including phenoxy) is 2. The topological polar surface area (TPSA) is 81.8 Å². The van der Waals surface area contributed by atoms with Crippen LogP contribution in [0.3, 0.4) is 0 Å². The molecule has 1 amide bonds. The summed E-state index contributed by atoms with van der Waals surface area (Å²) in [6.07, 6.45) is -0.895. The second kappa shape index (κ2) is 9.44. The Kier molecular flexibility index (Phi) is 8.61. The van der Waals surface area contributed by atoms with Crippen LogP contribution in [-0.4, -0.2) is 30.0 Å². The van der Waals surface area contributed by atoms with Gasteiger partial charge in [-0.2, -0.15) is 0 Å². The molecule has 0 heterocycles.